The Kier molecular flexibility index (Phi) is 3.16. The van der Waals surface area contributed by atoms with Crippen molar-refractivity contribution < 1.29 is 24.2 Å². The van der Waals surface area contributed by atoms with Gasteiger partial charge < -0.3 is 0 Å². The van der Waals surface area contributed by atoms with Gasteiger partial charge in [-0.1, -0.05) is 0 Å². The molecular weight excluding hydrogens is 159 g/mol. The molecule has 0 aromatic rings. The first-order valence-electron chi connectivity index (χ1n) is 2.63. The van der Waals surface area contributed by atoms with E-state index in [4.69, 9.17) is 14.7 Å². The molecule has 0 atom stereocenters. The molecule has 0 fully saturated rings. The average molecular weight is 172 g/mol. The summed E-state index contributed by atoms with van der Waals surface area (Å²) in [4.78, 5) is 26.9. The minimum atomic E-state index is -4.60. The van der Waals surface area contributed by atoms with E-state index in [0.29, 0.717) is 0 Å². The fourth-order valence-electron chi connectivity index (χ4n) is 0.566. The van der Waals surface area contributed by atoms with Crippen LogP contribution in [0.4, 0.5) is 0 Å². The van der Waals surface area contributed by atoms with Gasteiger partial charge >= 0.3 is 58.4 Å². The third kappa shape index (κ3) is 4.11. The first-order chi connectivity index (χ1) is 4.39. The fourth-order valence-corrected chi connectivity index (χ4v) is 1.70. The first-order valence-corrected chi connectivity index (χ1v) is 5.09. The van der Waals surface area contributed by atoms with Crippen molar-refractivity contribution in [3.8, 4) is 0 Å². The molecule has 0 unspecified atom stereocenters. The Labute approximate surface area is 59.4 Å². The number of methoxy groups -OCH3 is 2. The molecule has 0 bridgehead atoms. The summed E-state index contributed by atoms with van der Waals surface area (Å²) in [7, 11) is -2.08. The molecule has 6 heteroatoms. The van der Waals surface area contributed by atoms with Crippen LogP contribution in [0.25, 0.3) is 0 Å². The summed E-state index contributed by atoms with van der Waals surface area (Å²) in [6.45, 7) is 0. The van der Waals surface area contributed by atoms with Gasteiger partial charge in [0, 0.05) is 0 Å². The molecule has 0 amide bonds. The molecule has 0 heterocycles. The quantitative estimate of drug-likeness (QED) is 0.497. The van der Waals surface area contributed by atoms with E-state index in [9.17, 15) is 0 Å². The second kappa shape index (κ2) is 3.09. The van der Waals surface area contributed by atoms with Gasteiger partial charge in [0.2, 0.25) is 0 Å². The van der Waals surface area contributed by atoms with Gasteiger partial charge in [-0.3, -0.25) is 0 Å². The van der Waals surface area contributed by atoms with E-state index in [2.05, 4.69) is 9.47 Å². The van der Waals surface area contributed by atoms with Crippen molar-refractivity contribution in [1.29, 1.82) is 0 Å². The van der Waals surface area contributed by atoms with Gasteiger partial charge in [0.05, 0.1) is 0 Å². The van der Waals surface area contributed by atoms with Gasteiger partial charge in [0.15, 0.2) is 0 Å². The van der Waals surface area contributed by atoms with Gasteiger partial charge in [0.1, 0.15) is 0 Å². The zero-order valence-corrected chi connectivity index (χ0v) is 6.91. The van der Waals surface area contributed by atoms with E-state index in [1.54, 1.807) is 0 Å². The van der Waals surface area contributed by atoms with E-state index in [1.165, 1.54) is 14.2 Å². The molecule has 64 valence electrons. The fraction of sp³-hybridized carbons (Fsp3) is 1.00. The summed E-state index contributed by atoms with van der Waals surface area (Å²) in [6, 6.07) is 0. The van der Waals surface area contributed by atoms with E-state index in [1.807, 2.05) is 0 Å². The van der Waals surface area contributed by atoms with Crippen LogP contribution in [0.5, 0.6) is 0 Å². The summed E-state index contributed by atoms with van der Waals surface area (Å²) >= 11 is 0. The third-order valence-electron chi connectivity index (χ3n) is 0.787. The van der Waals surface area contributed by atoms with Gasteiger partial charge in [0.25, 0.3) is 0 Å². The van der Waals surface area contributed by atoms with Crippen LogP contribution in [0.3, 0.4) is 0 Å². The van der Waals surface area contributed by atoms with Crippen molar-refractivity contribution >= 4 is 7.28 Å². The molecule has 0 aromatic heterocycles. The number of rotatable bonds is 4. The van der Waals surface area contributed by atoms with E-state index in [-0.39, 0.29) is 0 Å². The summed E-state index contributed by atoms with van der Waals surface area (Å²) in [5.74, 6) is 0. The summed E-state index contributed by atoms with van der Waals surface area (Å²) in [6.07, 6.45) is -0.973. The maximum absolute atomic E-state index is 8.97. The zero-order valence-electron chi connectivity index (χ0n) is 6.02. The molecule has 0 radical (unpaired) electrons. The van der Waals surface area contributed by atoms with Crippen molar-refractivity contribution in [2.24, 2.45) is 0 Å². The van der Waals surface area contributed by atoms with Gasteiger partial charge in [-0.2, -0.15) is 0 Å². The predicted molar refractivity (Wildman–Crippen MR) is 37.3 cm³/mol. The monoisotopic (exact) mass is 172 g/mol. The van der Waals surface area contributed by atoms with Crippen molar-refractivity contribution in [3.05, 3.63) is 0 Å². The number of hydrogen-bond donors (Lipinski definition) is 3. The van der Waals surface area contributed by atoms with Crippen LogP contribution in [-0.2, 0) is 9.47 Å². The predicted octanol–water partition coefficient (Wildman–Crippen LogP) is -0.531. The molecule has 0 spiro atoms. The molecule has 0 saturated carbocycles. The van der Waals surface area contributed by atoms with Crippen LogP contribution in [0.1, 0.15) is 0 Å². The van der Waals surface area contributed by atoms with Crippen LogP contribution in [0, 0.1) is 0 Å². The van der Waals surface area contributed by atoms with Crippen molar-refractivity contribution in [2.75, 3.05) is 26.9 Å². The van der Waals surface area contributed by atoms with Crippen LogP contribution in [-0.4, -0.2) is 41.6 Å². The standard InChI is InChI=1S/C4H13O5P/c1-8-3-10(5,6,7)4-9-2/h5-7H,3-4H2,1-2H3. The van der Waals surface area contributed by atoms with Crippen molar-refractivity contribution in [1.82, 2.24) is 0 Å². The Morgan fingerprint density at radius 2 is 1.30 bits per heavy atom. The third-order valence-corrected chi connectivity index (χ3v) is 2.36. The Hall–Kier alpha value is 0.230. The van der Waals surface area contributed by atoms with Gasteiger partial charge in [-0.05, 0) is 0 Å². The molecule has 3 N–H and O–H groups in total. The molecule has 0 aromatic carbocycles. The van der Waals surface area contributed by atoms with Crippen molar-refractivity contribution in [3.63, 3.8) is 0 Å². The van der Waals surface area contributed by atoms with Crippen LogP contribution < -0.4 is 0 Å². The maximum atomic E-state index is 8.97. The second-order valence-electron chi connectivity index (χ2n) is 2.18. The Balaban J connectivity index is 3.97. The summed E-state index contributed by atoms with van der Waals surface area (Å²) < 4.78 is 8.78. The summed E-state index contributed by atoms with van der Waals surface area (Å²) in [5, 5.41) is 0. The van der Waals surface area contributed by atoms with E-state index in [0.717, 1.165) is 0 Å². The van der Waals surface area contributed by atoms with Crippen LogP contribution >= 0.6 is 7.28 Å². The average Bonchev–Trinajstić information content (AvgIpc) is 1.61. The molecule has 0 aliphatic carbocycles. The molecule has 0 aliphatic heterocycles. The molecule has 10 heavy (non-hydrogen) atoms. The topological polar surface area (TPSA) is 79.2 Å². The Morgan fingerprint density at radius 1 is 1.00 bits per heavy atom. The van der Waals surface area contributed by atoms with Gasteiger partial charge in [-0.15, -0.1) is 0 Å². The Bertz CT molecular complexity index is 96.0. The second-order valence-corrected chi connectivity index (χ2v) is 5.37. The van der Waals surface area contributed by atoms with Gasteiger partial charge in [-0.25, -0.2) is 0 Å². The molecule has 5 nitrogen and oxygen atoms in total. The van der Waals surface area contributed by atoms with E-state index >= 15 is 0 Å². The SMILES string of the molecule is COCP(O)(O)(O)COC. The molecule has 0 aliphatic rings. The minimum absolute atomic E-state index is 0.487. The molecule has 0 rings (SSSR count). The normalized spacial score (nSPS) is 16.3. The van der Waals surface area contributed by atoms with Crippen molar-refractivity contribution in [2.45, 2.75) is 0 Å². The number of ether oxygens (including phenoxy) is 2. The zero-order chi connectivity index (χ0) is 8.28. The van der Waals surface area contributed by atoms with Crippen LogP contribution in [0.15, 0.2) is 0 Å². The van der Waals surface area contributed by atoms with E-state index < -0.39 is 20.0 Å². The van der Waals surface area contributed by atoms with Crippen LogP contribution in [0.2, 0.25) is 0 Å². The molecular formula is C4H13O5P. The first kappa shape index (κ1) is 10.2. The molecule has 0 saturated heterocycles. The number of hydrogen-bond acceptors (Lipinski definition) is 5. The Morgan fingerprint density at radius 3 is 1.50 bits per heavy atom. The summed E-state index contributed by atoms with van der Waals surface area (Å²) in [5.41, 5.74) is 0.